The molecule has 0 saturated carbocycles. The smallest absolute Gasteiger partial charge is 0.416 e. The van der Waals surface area contributed by atoms with Crippen LogP contribution in [0.2, 0.25) is 0 Å². The van der Waals surface area contributed by atoms with E-state index in [1.165, 1.54) is 12.1 Å². The standard InChI is InChI=1S/2C25H30F3N3O2/c1-17-12-19(14-21(13-17)25(26,27)28)18(2)33-16-24(20-6-4-3-5-7-20)9-8-22(15-30-24)31-23-29-10-11-32-23;1-17-12-19(14-21(13-17)25(26,27)28)18(2)33-16-24(20-6-4-3-5-7-20)9-8-22(15-30-24)31-11-10-29-23(31)32/h3-7,12-14,18,22,30H,8-11,15-16H2,1-2H3,(H,29,31);3-7,12-14,18,22,30H,8-11,15-16H2,1-2H3,(H,29,32)/t2*18-,22+,24?/m11/s1. The molecule has 8 rings (SSSR count). The van der Waals surface area contributed by atoms with Crippen LogP contribution in [0.4, 0.5) is 31.1 Å². The van der Waals surface area contributed by atoms with Crippen LogP contribution in [0.1, 0.15) is 96.2 Å². The van der Waals surface area contributed by atoms with Gasteiger partial charge >= 0.3 is 18.4 Å². The Morgan fingerprint density at radius 1 is 0.758 bits per heavy atom. The van der Waals surface area contributed by atoms with Crippen LogP contribution in [0.5, 0.6) is 0 Å². The summed E-state index contributed by atoms with van der Waals surface area (Å²) >= 11 is 0. The molecule has 4 aromatic carbocycles. The Morgan fingerprint density at radius 3 is 1.68 bits per heavy atom. The van der Waals surface area contributed by atoms with Gasteiger partial charge in [-0.25, -0.2) is 9.79 Å². The number of carbonyl (C=O) groups is 1. The number of ether oxygens (including phenoxy) is 3. The molecule has 3 saturated heterocycles. The van der Waals surface area contributed by atoms with E-state index in [2.05, 4.69) is 38.4 Å². The molecule has 16 heteroatoms. The highest BCUT2D eigenvalue weighted by Crippen LogP contribution is 2.38. The molecule has 2 unspecified atom stereocenters. The Hall–Kier alpha value is -5.16. The highest BCUT2D eigenvalue weighted by molar-refractivity contribution is 5.76. The summed E-state index contributed by atoms with van der Waals surface area (Å²) in [7, 11) is 0. The molecule has 0 spiro atoms. The van der Waals surface area contributed by atoms with E-state index < -0.39 is 46.8 Å². The summed E-state index contributed by atoms with van der Waals surface area (Å²) in [6, 6.07) is 29.1. The molecule has 356 valence electrons. The lowest BCUT2D eigenvalue weighted by Crippen LogP contribution is -2.57. The van der Waals surface area contributed by atoms with E-state index in [-0.39, 0.29) is 18.1 Å². The average Bonchev–Trinajstić information content (AvgIpc) is 3.99. The molecule has 0 radical (unpaired) electrons. The van der Waals surface area contributed by atoms with Crippen LogP contribution in [0.25, 0.3) is 0 Å². The van der Waals surface area contributed by atoms with Gasteiger partial charge in [-0.1, -0.05) is 83.9 Å². The van der Waals surface area contributed by atoms with E-state index in [0.29, 0.717) is 80.8 Å². The van der Waals surface area contributed by atoms with Crippen LogP contribution in [-0.4, -0.2) is 81.6 Å². The second-order valence-corrected chi connectivity index (χ2v) is 17.9. The predicted octanol–water partition coefficient (Wildman–Crippen LogP) is 9.48. The molecule has 2 amide bonds. The van der Waals surface area contributed by atoms with Gasteiger partial charge in [0.25, 0.3) is 6.02 Å². The van der Waals surface area contributed by atoms with Gasteiger partial charge in [0.15, 0.2) is 0 Å². The number of rotatable bonds is 12. The van der Waals surface area contributed by atoms with Crippen molar-refractivity contribution in [3.8, 4) is 0 Å². The van der Waals surface area contributed by atoms with E-state index in [4.69, 9.17) is 14.2 Å². The quantitative estimate of drug-likeness (QED) is 0.105. The van der Waals surface area contributed by atoms with E-state index in [0.717, 1.165) is 48.9 Å². The van der Waals surface area contributed by atoms with Crippen molar-refractivity contribution < 1.29 is 45.3 Å². The Kier molecular flexibility index (Phi) is 15.4. The molecule has 4 aromatic rings. The summed E-state index contributed by atoms with van der Waals surface area (Å²) in [5.41, 5.74) is 2.12. The van der Waals surface area contributed by atoms with Crippen LogP contribution < -0.4 is 21.3 Å². The highest BCUT2D eigenvalue weighted by Gasteiger charge is 2.42. The number of halogens is 6. The van der Waals surface area contributed by atoms with Crippen molar-refractivity contribution in [1.29, 1.82) is 0 Å². The van der Waals surface area contributed by atoms with Gasteiger partial charge in [0.05, 0.1) is 54.2 Å². The van der Waals surface area contributed by atoms with Crippen molar-refractivity contribution in [1.82, 2.24) is 26.2 Å². The summed E-state index contributed by atoms with van der Waals surface area (Å²) < 4.78 is 97.6. The zero-order valence-corrected chi connectivity index (χ0v) is 37.8. The molecular weight excluding hydrogens is 863 g/mol. The molecular formula is C50H60F6N6O4. The topological polar surface area (TPSA) is 108 Å². The fourth-order valence-corrected chi connectivity index (χ4v) is 9.24. The average molecular weight is 923 g/mol. The lowest BCUT2D eigenvalue weighted by atomic mass is 9.81. The predicted molar refractivity (Wildman–Crippen MR) is 241 cm³/mol. The first kappa shape index (κ1) is 48.8. The van der Waals surface area contributed by atoms with Crippen LogP contribution in [0, 0.1) is 13.8 Å². The van der Waals surface area contributed by atoms with Gasteiger partial charge in [-0.05, 0) is 99.9 Å². The molecule has 66 heavy (non-hydrogen) atoms. The van der Waals surface area contributed by atoms with E-state index >= 15 is 0 Å². The van der Waals surface area contributed by atoms with E-state index in [1.54, 1.807) is 39.8 Å². The fraction of sp³-hybridized carbons (Fsp3) is 0.480. The maximum atomic E-state index is 13.3. The summed E-state index contributed by atoms with van der Waals surface area (Å²) in [5, 5.41) is 13.5. The number of amides is 2. The van der Waals surface area contributed by atoms with Crippen molar-refractivity contribution in [2.24, 2.45) is 4.99 Å². The Bertz CT molecular complexity index is 2260. The van der Waals surface area contributed by atoms with E-state index in [1.807, 2.05) is 53.4 Å². The lowest BCUT2D eigenvalue weighted by molar-refractivity contribution is -0.138. The number of piperidine rings is 2. The van der Waals surface area contributed by atoms with Crippen molar-refractivity contribution in [2.75, 3.05) is 52.5 Å². The number of nitrogens with one attached hydrogen (secondary N) is 4. The summed E-state index contributed by atoms with van der Waals surface area (Å²) in [6.07, 6.45) is -6.52. The van der Waals surface area contributed by atoms with Gasteiger partial charge < -0.3 is 40.4 Å². The van der Waals surface area contributed by atoms with Crippen molar-refractivity contribution in [3.63, 3.8) is 0 Å². The molecule has 3 fully saturated rings. The number of aryl methyl sites for hydroxylation is 2. The second-order valence-electron chi connectivity index (χ2n) is 17.9. The second kappa shape index (κ2) is 20.8. The van der Waals surface area contributed by atoms with Crippen LogP contribution >= 0.6 is 0 Å². The molecule has 10 nitrogen and oxygen atoms in total. The lowest BCUT2D eigenvalue weighted by Gasteiger charge is -2.44. The molecule has 4 aliphatic heterocycles. The molecule has 4 heterocycles. The summed E-state index contributed by atoms with van der Waals surface area (Å²) in [6.45, 7) is 11.5. The van der Waals surface area contributed by atoms with Gasteiger partial charge in [0.2, 0.25) is 0 Å². The van der Waals surface area contributed by atoms with E-state index in [9.17, 15) is 31.1 Å². The zero-order chi connectivity index (χ0) is 47.1. The Labute approximate surface area is 382 Å². The SMILES string of the molecule is Cc1cc([C@@H](C)OCC2(c3ccccc3)CC[C@H](N3CCNC3=O)CN2)cc(C(F)(F)F)c1.Cc1cc([C@@H](C)OCC2(c3ccccc3)CC[C@H](NC3=NCCO3)CN2)cc(C(F)(F)F)c1. The number of carbonyl (C=O) groups excluding carboxylic acids is 1. The normalized spacial score (nSPS) is 24.4. The van der Waals surface area contributed by atoms with Crippen LogP contribution in [0.3, 0.4) is 0 Å². The number of alkyl halides is 6. The third-order valence-corrected chi connectivity index (χ3v) is 13.0. The summed E-state index contributed by atoms with van der Waals surface area (Å²) in [4.78, 5) is 18.3. The minimum absolute atomic E-state index is 0.0289. The maximum Gasteiger partial charge on any atom is 0.416 e. The fourth-order valence-electron chi connectivity index (χ4n) is 9.24. The van der Waals surface area contributed by atoms with Gasteiger partial charge in [-0.2, -0.15) is 26.3 Å². The number of nitrogens with zero attached hydrogens (tertiary/aromatic N) is 2. The minimum atomic E-state index is -4.40. The molecule has 0 bridgehead atoms. The Balaban J connectivity index is 0.000000196. The Morgan fingerprint density at radius 2 is 1.27 bits per heavy atom. The number of amidine groups is 1. The largest absolute Gasteiger partial charge is 0.463 e. The van der Waals surface area contributed by atoms with Gasteiger partial charge in [-0.3, -0.25) is 0 Å². The summed E-state index contributed by atoms with van der Waals surface area (Å²) in [5.74, 6) is 0. The first-order valence-electron chi connectivity index (χ1n) is 22.6. The first-order chi connectivity index (χ1) is 31.4. The molecule has 6 atom stereocenters. The number of benzene rings is 4. The number of urea groups is 1. The number of hydrogen-bond acceptors (Lipinski definition) is 8. The molecule has 0 aliphatic carbocycles. The first-order valence-corrected chi connectivity index (χ1v) is 22.6. The number of hydrogen-bond donors (Lipinski definition) is 4. The molecule has 4 aliphatic rings. The minimum Gasteiger partial charge on any atom is -0.463 e. The van der Waals surface area contributed by atoms with Crippen LogP contribution in [0.15, 0.2) is 102 Å². The zero-order valence-electron chi connectivity index (χ0n) is 37.8. The maximum absolute atomic E-state index is 13.3. The molecule has 4 N–H and O–H groups in total. The van der Waals surface area contributed by atoms with Crippen molar-refractivity contribution >= 4 is 12.1 Å². The third-order valence-electron chi connectivity index (χ3n) is 13.0. The van der Waals surface area contributed by atoms with Crippen molar-refractivity contribution in [3.05, 3.63) is 142 Å². The number of aliphatic imine (C=N–C) groups is 1. The molecule has 0 aromatic heterocycles. The third kappa shape index (κ3) is 12.0. The van der Waals surface area contributed by atoms with Gasteiger partial charge in [0, 0.05) is 38.3 Å². The van der Waals surface area contributed by atoms with Gasteiger partial charge in [-0.15, -0.1) is 0 Å². The van der Waals surface area contributed by atoms with Crippen LogP contribution in [-0.2, 0) is 37.6 Å². The van der Waals surface area contributed by atoms with Crippen molar-refractivity contribution in [2.45, 2.75) is 101 Å². The monoisotopic (exact) mass is 922 g/mol. The highest BCUT2D eigenvalue weighted by atomic mass is 19.4. The van der Waals surface area contributed by atoms with Gasteiger partial charge in [0.1, 0.15) is 6.61 Å².